The monoisotopic (exact) mass is 372 g/mol. The second-order valence-corrected chi connectivity index (χ2v) is 6.52. The zero-order valence-electron chi connectivity index (χ0n) is 16.0. The highest BCUT2D eigenvalue weighted by Gasteiger charge is 2.03. The zero-order valence-corrected chi connectivity index (χ0v) is 16.0. The summed E-state index contributed by atoms with van der Waals surface area (Å²) in [5.74, 6) is 0.707. The van der Waals surface area contributed by atoms with Gasteiger partial charge >= 0.3 is 0 Å². The number of hydrogen-bond donors (Lipinski definition) is 1. The Balaban J connectivity index is 1.47. The number of rotatable bonds is 8. The van der Waals surface area contributed by atoms with Gasteiger partial charge in [-0.15, -0.1) is 0 Å². The largest absolute Gasteiger partial charge is 0.489 e. The van der Waals surface area contributed by atoms with Crippen LogP contribution < -0.4 is 10.2 Å². The fraction of sp³-hybridized carbons (Fsp3) is 0.167. The lowest BCUT2D eigenvalue weighted by molar-refractivity contribution is -0.121. The third-order valence-corrected chi connectivity index (χ3v) is 4.35. The zero-order chi connectivity index (χ0) is 19.6. The minimum Gasteiger partial charge on any atom is -0.489 e. The van der Waals surface area contributed by atoms with Crippen LogP contribution in [0.25, 0.3) is 0 Å². The van der Waals surface area contributed by atoms with Crippen molar-refractivity contribution in [1.29, 1.82) is 0 Å². The van der Waals surface area contributed by atoms with Gasteiger partial charge in [-0.1, -0.05) is 60.7 Å². The molecule has 3 aromatic rings. The number of hydrazone groups is 1. The van der Waals surface area contributed by atoms with Crippen molar-refractivity contribution in [2.45, 2.75) is 26.4 Å². The highest BCUT2D eigenvalue weighted by atomic mass is 16.5. The highest BCUT2D eigenvalue weighted by molar-refractivity contribution is 5.99. The molecule has 4 heteroatoms. The Morgan fingerprint density at radius 3 is 2.11 bits per heavy atom. The van der Waals surface area contributed by atoms with E-state index in [0.29, 0.717) is 19.4 Å². The smallest absolute Gasteiger partial charge is 0.240 e. The lowest BCUT2D eigenvalue weighted by Crippen LogP contribution is -2.19. The van der Waals surface area contributed by atoms with E-state index in [4.69, 9.17) is 4.74 Å². The predicted molar refractivity (Wildman–Crippen MR) is 112 cm³/mol. The van der Waals surface area contributed by atoms with Crippen LogP contribution in [0.2, 0.25) is 0 Å². The molecule has 0 bridgehead atoms. The van der Waals surface area contributed by atoms with E-state index in [9.17, 15) is 4.79 Å². The minimum atomic E-state index is -0.0917. The minimum absolute atomic E-state index is 0.0917. The maximum atomic E-state index is 12.0. The summed E-state index contributed by atoms with van der Waals surface area (Å²) in [5, 5.41) is 4.21. The van der Waals surface area contributed by atoms with Gasteiger partial charge in [-0.05, 0) is 54.3 Å². The van der Waals surface area contributed by atoms with Crippen LogP contribution in [0.15, 0.2) is 90.0 Å². The molecule has 3 rings (SSSR count). The van der Waals surface area contributed by atoms with E-state index in [2.05, 4.69) is 10.5 Å². The normalized spacial score (nSPS) is 11.1. The maximum absolute atomic E-state index is 12.0. The summed E-state index contributed by atoms with van der Waals surface area (Å²) in [7, 11) is 0. The van der Waals surface area contributed by atoms with Crippen molar-refractivity contribution in [2.24, 2.45) is 5.10 Å². The Bertz CT molecular complexity index is 904. The van der Waals surface area contributed by atoms with Crippen molar-refractivity contribution in [3.8, 4) is 5.75 Å². The molecule has 0 radical (unpaired) electrons. The van der Waals surface area contributed by atoms with Gasteiger partial charge in [-0.2, -0.15) is 5.10 Å². The summed E-state index contributed by atoms with van der Waals surface area (Å²) < 4.78 is 5.79. The quantitative estimate of drug-likeness (QED) is 0.459. The van der Waals surface area contributed by atoms with E-state index in [1.807, 2.05) is 91.9 Å². The van der Waals surface area contributed by atoms with E-state index in [-0.39, 0.29) is 5.91 Å². The Kier molecular flexibility index (Phi) is 6.96. The van der Waals surface area contributed by atoms with E-state index in [1.165, 1.54) is 0 Å². The highest BCUT2D eigenvalue weighted by Crippen LogP contribution is 2.15. The Morgan fingerprint density at radius 1 is 0.857 bits per heavy atom. The van der Waals surface area contributed by atoms with Crippen LogP contribution in [-0.2, 0) is 17.8 Å². The van der Waals surface area contributed by atoms with Crippen LogP contribution in [-0.4, -0.2) is 11.6 Å². The van der Waals surface area contributed by atoms with Crippen molar-refractivity contribution < 1.29 is 9.53 Å². The molecule has 0 unspecified atom stereocenters. The van der Waals surface area contributed by atoms with Crippen LogP contribution in [0, 0.1) is 0 Å². The van der Waals surface area contributed by atoms with Crippen LogP contribution in [0.4, 0.5) is 0 Å². The molecule has 0 heterocycles. The number of amides is 1. The lowest BCUT2D eigenvalue weighted by Gasteiger charge is -2.08. The summed E-state index contributed by atoms with van der Waals surface area (Å²) in [4.78, 5) is 12.0. The number of benzene rings is 3. The van der Waals surface area contributed by atoms with Crippen LogP contribution in [0.3, 0.4) is 0 Å². The van der Waals surface area contributed by atoms with E-state index >= 15 is 0 Å². The van der Waals surface area contributed by atoms with Crippen molar-refractivity contribution in [1.82, 2.24) is 5.43 Å². The van der Waals surface area contributed by atoms with Gasteiger partial charge in [0.25, 0.3) is 0 Å². The molecule has 0 spiro atoms. The van der Waals surface area contributed by atoms with Gasteiger partial charge in [0, 0.05) is 6.42 Å². The van der Waals surface area contributed by atoms with E-state index in [1.54, 1.807) is 0 Å². The third kappa shape index (κ3) is 6.09. The first-order valence-corrected chi connectivity index (χ1v) is 9.35. The molecule has 0 aromatic heterocycles. The van der Waals surface area contributed by atoms with Gasteiger partial charge in [-0.3, -0.25) is 4.79 Å². The number of nitrogens with zero attached hydrogens (tertiary/aromatic N) is 1. The number of hydrogen-bond acceptors (Lipinski definition) is 3. The molecule has 0 aliphatic carbocycles. The van der Waals surface area contributed by atoms with Crippen LogP contribution in [0.1, 0.15) is 30.0 Å². The van der Waals surface area contributed by atoms with Gasteiger partial charge in [-0.25, -0.2) is 5.43 Å². The molecule has 1 amide bonds. The van der Waals surface area contributed by atoms with E-state index < -0.39 is 0 Å². The van der Waals surface area contributed by atoms with Crippen molar-refractivity contribution in [3.63, 3.8) is 0 Å². The van der Waals surface area contributed by atoms with Crippen molar-refractivity contribution >= 4 is 11.6 Å². The molecule has 0 atom stereocenters. The molecule has 28 heavy (non-hydrogen) atoms. The molecule has 0 saturated heterocycles. The molecular formula is C24H24N2O2. The summed E-state index contributed by atoms with van der Waals surface area (Å²) in [6.07, 6.45) is 1.11. The molecule has 4 nitrogen and oxygen atoms in total. The first-order valence-electron chi connectivity index (χ1n) is 9.35. The molecule has 0 aliphatic heterocycles. The van der Waals surface area contributed by atoms with Gasteiger partial charge in [0.15, 0.2) is 0 Å². The van der Waals surface area contributed by atoms with Gasteiger partial charge < -0.3 is 4.74 Å². The average molecular weight is 372 g/mol. The molecule has 1 N–H and O–H groups in total. The molecule has 0 fully saturated rings. The standard InChI is InChI=1S/C24H24N2O2/c1-19(25-26-24(27)17-12-20-8-4-2-5-9-20)22-13-15-23(16-14-22)28-18-21-10-6-3-7-11-21/h2-11,13-16H,12,17-18H2,1H3,(H,26,27). The topological polar surface area (TPSA) is 50.7 Å². The van der Waals surface area contributed by atoms with Gasteiger partial charge in [0.2, 0.25) is 5.91 Å². The maximum Gasteiger partial charge on any atom is 0.240 e. The summed E-state index contributed by atoms with van der Waals surface area (Å²) in [6.45, 7) is 2.40. The summed E-state index contributed by atoms with van der Waals surface area (Å²) in [6, 6.07) is 27.7. The summed E-state index contributed by atoms with van der Waals surface area (Å²) >= 11 is 0. The van der Waals surface area contributed by atoms with Crippen molar-refractivity contribution in [2.75, 3.05) is 0 Å². The summed E-state index contributed by atoms with van der Waals surface area (Å²) in [5.41, 5.74) is 6.59. The molecule has 0 saturated carbocycles. The predicted octanol–water partition coefficient (Wildman–Crippen LogP) is 4.74. The Hall–Kier alpha value is -3.40. The molecule has 142 valence electrons. The average Bonchev–Trinajstić information content (AvgIpc) is 2.76. The van der Waals surface area contributed by atoms with Crippen LogP contribution in [0.5, 0.6) is 5.75 Å². The fourth-order valence-corrected chi connectivity index (χ4v) is 2.70. The molecule has 0 aliphatic rings. The Labute approximate surface area is 165 Å². The number of carbonyl (C=O) groups is 1. The lowest BCUT2D eigenvalue weighted by atomic mass is 10.1. The first kappa shape index (κ1) is 19.4. The molecular weight excluding hydrogens is 348 g/mol. The third-order valence-electron chi connectivity index (χ3n) is 4.35. The number of ether oxygens (including phenoxy) is 1. The second kappa shape index (κ2) is 10.1. The SMILES string of the molecule is CC(=NNC(=O)CCc1ccccc1)c1ccc(OCc2ccccc2)cc1. The first-order chi connectivity index (χ1) is 13.7. The molecule has 3 aromatic carbocycles. The van der Waals surface area contributed by atoms with Crippen LogP contribution >= 0.6 is 0 Å². The number of carbonyl (C=O) groups excluding carboxylic acids is 1. The number of aryl methyl sites for hydroxylation is 1. The second-order valence-electron chi connectivity index (χ2n) is 6.52. The van der Waals surface area contributed by atoms with Crippen molar-refractivity contribution in [3.05, 3.63) is 102 Å². The Morgan fingerprint density at radius 2 is 1.46 bits per heavy atom. The van der Waals surface area contributed by atoms with E-state index in [0.717, 1.165) is 28.2 Å². The number of nitrogens with one attached hydrogen (secondary N) is 1. The van der Waals surface area contributed by atoms with Gasteiger partial charge in [0.1, 0.15) is 12.4 Å². The fourth-order valence-electron chi connectivity index (χ4n) is 2.70. The van der Waals surface area contributed by atoms with Gasteiger partial charge in [0.05, 0.1) is 5.71 Å².